The van der Waals surface area contributed by atoms with E-state index in [0.29, 0.717) is 5.69 Å². The maximum Gasteiger partial charge on any atom is 0.305 e. The molecule has 2 atom stereocenters. The minimum absolute atomic E-state index is 0.0987. The van der Waals surface area contributed by atoms with Crippen LogP contribution in [0.3, 0.4) is 0 Å². The number of carbonyl (C=O) groups is 2. The van der Waals surface area contributed by atoms with Crippen molar-refractivity contribution in [1.82, 2.24) is 4.98 Å². The molecule has 1 saturated heterocycles. The lowest BCUT2D eigenvalue weighted by Gasteiger charge is -2.39. The summed E-state index contributed by atoms with van der Waals surface area (Å²) in [6.07, 6.45) is 3.78. The molecule has 1 aromatic heterocycles. The third-order valence-electron chi connectivity index (χ3n) is 5.74. The van der Waals surface area contributed by atoms with Gasteiger partial charge in [0, 0.05) is 14.8 Å². The third-order valence-corrected chi connectivity index (χ3v) is 8.77. The summed E-state index contributed by atoms with van der Waals surface area (Å²) >= 11 is 5.96. The molecule has 1 spiro atoms. The highest BCUT2D eigenvalue weighted by Crippen LogP contribution is 2.59. The van der Waals surface area contributed by atoms with Crippen LogP contribution in [0.1, 0.15) is 30.6 Å². The minimum Gasteiger partial charge on any atom is -0.307 e. The van der Waals surface area contributed by atoms with Gasteiger partial charge >= 0.3 is 4.87 Å². The molecule has 26 heavy (non-hydrogen) atoms. The molecule has 0 radical (unpaired) electrons. The summed E-state index contributed by atoms with van der Waals surface area (Å²) in [5.41, 5.74) is 0.245. The molecule has 8 heteroatoms. The molecule has 2 aromatic rings. The summed E-state index contributed by atoms with van der Waals surface area (Å²) in [4.78, 5) is 43.7. The fourth-order valence-electron chi connectivity index (χ4n) is 4.67. The monoisotopic (exact) mass is 450 g/mol. The minimum atomic E-state index is -0.456. The van der Waals surface area contributed by atoms with Crippen LogP contribution in [0.2, 0.25) is 0 Å². The van der Waals surface area contributed by atoms with E-state index in [1.165, 1.54) is 28.0 Å². The molecule has 1 N–H and O–H groups in total. The van der Waals surface area contributed by atoms with Crippen molar-refractivity contribution in [2.75, 3.05) is 4.90 Å². The van der Waals surface area contributed by atoms with Crippen LogP contribution in [-0.4, -0.2) is 22.0 Å². The van der Waals surface area contributed by atoms with E-state index in [1.54, 1.807) is 12.1 Å². The molecule has 2 amide bonds. The Morgan fingerprint density at radius 2 is 1.77 bits per heavy atom. The maximum atomic E-state index is 13.4. The molecule has 1 saturated carbocycles. The summed E-state index contributed by atoms with van der Waals surface area (Å²) < 4.78 is 0.902. The van der Waals surface area contributed by atoms with E-state index in [-0.39, 0.29) is 28.0 Å². The van der Waals surface area contributed by atoms with E-state index in [2.05, 4.69) is 20.9 Å². The van der Waals surface area contributed by atoms with Gasteiger partial charge in [-0.2, -0.15) is 0 Å². The van der Waals surface area contributed by atoms with E-state index in [4.69, 9.17) is 0 Å². The smallest absolute Gasteiger partial charge is 0.305 e. The zero-order valence-corrected chi connectivity index (χ0v) is 16.9. The highest BCUT2D eigenvalue weighted by molar-refractivity contribution is 9.10. The van der Waals surface area contributed by atoms with Crippen molar-refractivity contribution in [1.29, 1.82) is 0 Å². The number of imide groups is 1. The molecule has 0 unspecified atom stereocenters. The average molecular weight is 451 g/mol. The number of H-pyrrole nitrogens is 1. The van der Waals surface area contributed by atoms with E-state index in [0.717, 1.165) is 40.1 Å². The first kappa shape index (κ1) is 16.8. The Morgan fingerprint density at radius 1 is 1.08 bits per heavy atom. The number of hydrogen-bond acceptors (Lipinski definition) is 5. The lowest BCUT2D eigenvalue weighted by molar-refractivity contribution is -0.123. The van der Waals surface area contributed by atoms with Crippen molar-refractivity contribution in [3.05, 3.63) is 43.3 Å². The number of carbonyl (C=O) groups excluding carboxylic acids is 2. The maximum absolute atomic E-state index is 13.4. The molecule has 2 fully saturated rings. The number of amides is 2. The second-order valence-electron chi connectivity index (χ2n) is 7.04. The van der Waals surface area contributed by atoms with Crippen molar-refractivity contribution in [3.63, 3.8) is 0 Å². The van der Waals surface area contributed by atoms with Crippen molar-refractivity contribution >= 4 is 56.5 Å². The first-order valence-electron chi connectivity index (χ1n) is 8.55. The van der Waals surface area contributed by atoms with Crippen LogP contribution in [0.4, 0.5) is 5.69 Å². The molecule has 1 aliphatic carbocycles. The Bertz CT molecular complexity index is 975. The molecule has 3 aliphatic rings. The van der Waals surface area contributed by atoms with Crippen molar-refractivity contribution < 1.29 is 9.59 Å². The average Bonchev–Trinajstić information content (AvgIpc) is 3.29. The van der Waals surface area contributed by atoms with Gasteiger partial charge in [0.2, 0.25) is 11.8 Å². The number of rotatable bonds is 1. The van der Waals surface area contributed by atoms with Crippen LogP contribution in [0, 0.1) is 5.92 Å². The van der Waals surface area contributed by atoms with Crippen molar-refractivity contribution in [2.45, 2.75) is 41.4 Å². The molecule has 5 rings (SSSR count). The SMILES string of the molecule is O=C1[C@H]2Sc3[nH]c(=O)sc3C3(CCCC3)[C@H]2C(=O)N1c1ccc(Br)cc1. The predicted molar refractivity (Wildman–Crippen MR) is 105 cm³/mol. The van der Waals surface area contributed by atoms with Crippen LogP contribution in [-0.2, 0) is 15.0 Å². The van der Waals surface area contributed by atoms with Crippen LogP contribution in [0.25, 0.3) is 0 Å². The lowest BCUT2D eigenvalue weighted by Crippen LogP contribution is -2.43. The topological polar surface area (TPSA) is 70.2 Å². The molecule has 5 nitrogen and oxygen atoms in total. The molecule has 3 heterocycles. The van der Waals surface area contributed by atoms with Gasteiger partial charge < -0.3 is 4.98 Å². The van der Waals surface area contributed by atoms with Gasteiger partial charge in [-0.25, -0.2) is 4.90 Å². The first-order valence-corrected chi connectivity index (χ1v) is 11.0. The van der Waals surface area contributed by atoms with E-state index < -0.39 is 5.25 Å². The third kappa shape index (κ3) is 2.18. The number of aromatic amines is 1. The quantitative estimate of drug-likeness (QED) is 0.672. The highest BCUT2D eigenvalue weighted by Gasteiger charge is 2.63. The molecule has 1 aromatic carbocycles. The van der Waals surface area contributed by atoms with Gasteiger partial charge in [0.1, 0.15) is 5.25 Å². The number of nitrogens with one attached hydrogen (secondary N) is 1. The first-order chi connectivity index (χ1) is 12.5. The number of hydrogen-bond donors (Lipinski definition) is 1. The summed E-state index contributed by atoms with van der Waals surface area (Å²) in [5.74, 6) is -0.676. The second kappa shape index (κ2) is 5.81. The largest absolute Gasteiger partial charge is 0.307 e. The number of thiazole rings is 1. The highest BCUT2D eigenvalue weighted by atomic mass is 79.9. The van der Waals surface area contributed by atoms with Crippen molar-refractivity contribution in [3.8, 4) is 0 Å². The van der Waals surface area contributed by atoms with Crippen LogP contribution in [0.15, 0.2) is 38.6 Å². The normalized spacial score (nSPS) is 26.4. The van der Waals surface area contributed by atoms with E-state index in [1.807, 2.05) is 12.1 Å². The van der Waals surface area contributed by atoms with Crippen LogP contribution < -0.4 is 9.77 Å². The number of aromatic nitrogens is 1. The van der Waals surface area contributed by atoms with Gasteiger partial charge in [0.25, 0.3) is 0 Å². The van der Waals surface area contributed by atoms with Gasteiger partial charge in [-0.1, -0.05) is 51.9 Å². The number of halogens is 1. The Labute approximate surface area is 166 Å². The van der Waals surface area contributed by atoms with E-state index in [9.17, 15) is 14.4 Å². The van der Waals surface area contributed by atoms with Gasteiger partial charge in [-0.15, -0.1) is 0 Å². The summed E-state index contributed by atoms with van der Waals surface area (Å²) in [5, 5.41) is 0.337. The lowest BCUT2D eigenvalue weighted by atomic mass is 9.71. The summed E-state index contributed by atoms with van der Waals surface area (Å²) in [6, 6.07) is 7.26. The number of benzene rings is 1. The van der Waals surface area contributed by atoms with Crippen molar-refractivity contribution in [2.24, 2.45) is 5.92 Å². The molecule has 134 valence electrons. The molecule has 2 aliphatic heterocycles. The molecular formula is C18H15BrN2O3S2. The number of anilines is 1. The Hall–Kier alpha value is -1.38. The number of nitrogens with zero attached hydrogens (tertiary/aromatic N) is 1. The Balaban J connectivity index is 1.65. The Morgan fingerprint density at radius 3 is 2.46 bits per heavy atom. The van der Waals surface area contributed by atoms with Gasteiger partial charge in [-0.05, 0) is 37.1 Å². The van der Waals surface area contributed by atoms with E-state index >= 15 is 0 Å². The molecule has 0 bridgehead atoms. The van der Waals surface area contributed by atoms with Crippen LogP contribution >= 0.6 is 39.0 Å². The second-order valence-corrected chi connectivity index (χ2v) is 10.1. The zero-order valence-electron chi connectivity index (χ0n) is 13.7. The van der Waals surface area contributed by atoms with Gasteiger partial charge in [-0.3, -0.25) is 14.4 Å². The molecular weight excluding hydrogens is 436 g/mol. The summed E-state index contributed by atoms with van der Waals surface area (Å²) in [6.45, 7) is 0. The fourth-order valence-corrected chi connectivity index (χ4v) is 7.72. The Kier molecular flexibility index (Phi) is 3.75. The van der Waals surface area contributed by atoms with Crippen LogP contribution in [0.5, 0.6) is 0 Å². The fraction of sp³-hybridized carbons (Fsp3) is 0.389. The van der Waals surface area contributed by atoms with Gasteiger partial charge in [0.15, 0.2) is 0 Å². The number of fused-ring (bicyclic) bond motifs is 4. The zero-order chi connectivity index (χ0) is 18.1. The predicted octanol–water partition coefficient (Wildman–Crippen LogP) is 3.67. The van der Waals surface area contributed by atoms with Gasteiger partial charge in [0.05, 0.1) is 16.6 Å². The standard InChI is InChI=1S/C18H15BrN2O3S2/c19-9-3-5-10(6-4-9)21-15(22)11-12(16(21)23)25-14-13(26-17(24)20-14)18(11)7-1-2-8-18/h3-6,11-12H,1-2,7-8H2,(H,20,24)/t11-,12+/m1/s1. The summed E-state index contributed by atoms with van der Waals surface area (Å²) in [7, 11) is 0. The number of thioether (sulfide) groups is 1.